The van der Waals surface area contributed by atoms with Crippen LogP contribution < -0.4 is 5.73 Å². The second kappa shape index (κ2) is 15.3. The number of benzene rings is 1. The van der Waals surface area contributed by atoms with Crippen LogP contribution in [0.5, 0.6) is 0 Å². The maximum Gasteiger partial charge on any atom is 0.416 e. The van der Waals surface area contributed by atoms with Gasteiger partial charge in [0.2, 0.25) is 0 Å². The first kappa shape index (κ1) is 30.4. The number of aromatic nitrogens is 1. The smallest absolute Gasteiger partial charge is 0.398 e. The lowest BCUT2D eigenvalue weighted by Crippen LogP contribution is -2.14. The predicted octanol–water partition coefficient (Wildman–Crippen LogP) is 8.23. The number of alkyl halides is 3. The molecule has 0 amide bonds. The topological polar surface area (TPSA) is 51.3 Å². The summed E-state index contributed by atoms with van der Waals surface area (Å²) in [5.74, 6) is -0.0335. The monoisotopic (exact) mass is 463 g/mol. The van der Waals surface area contributed by atoms with E-state index in [0.29, 0.717) is 29.1 Å². The summed E-state index contributed by atoms with van der Waals surface area (Å²) in [6.07, 6.45) is 2.69. The fourth-order valence-corrected chi connectivity index (χ4v) is 3.07. The molecule has 2 N–H and O–H groups in total. The van der Waals surface area contributed by atoms with Gasteiger partial charge in [-0.2, -0.15) is 13.2 Å². The van der Waals surface area contributed by atoms with Crippen molar-refractivity contribution in [3.63, 3.8) is 0 Å². The first-order valence-corrected chi connectivity index (χ1v) is 11.9. The molecule has 0 saturated carbocycles. The number of hydrogen-bond donors (Lipinski definition) is 1. The van der Waals surface area contributed by atoms with Crippen LogP contribution in [0.15, 0.2) is 47.7 Å². The molecule has 1 aliphatic heterocycles. The van der Waals surface area contributed by atoms with Crippen LogP contribution in [-0.2, 0) is 6.18 Å². The van der Waals surface area contributed by atoms with E-state index in [-0.39, 0.29) is 5.92 Å². The Hall–Kier alpha value is -2.63. The lowest BCUT2D eigenvalue weighted by atomic mass is 9.87. The van der Waals surface area contributed by atoms with Crippen LogP contribution in [0, 0.1) is 0 Å². The number of nitrogens with zero attached hydrogens (tertiary/aromatic N) is 2. The van der Waals surface area contributed by atoms with Gasteiger partial charge in [0.1, 0.15) is 0 Å². The van der Waals surface area contributed by atoms with Crippen molar-refractivity contribution >= 4 is 11.4 Å². The van der Waals surface area contributed by atoms with Crippen molar-refractivity contribution < 1.29 is 13.2 Å². The Morgan fingerprint density at radius 2 is 1.58 bits per heavy atom. The molecule has 0 bridgehead atoms. The number of nitrogens with two attached hydrogens (primary N) is 1. The Morgan fingerprint density at radius 3 is 2.12 bits per heavy atom. The third kappa shape index (κ3) is 8.34. The largest absolute Gasteiger partial charge is 0.416 e. The van der Waals surface area contributed by atoms with E-state index < -0.39 is 11.7 Å². The number of hydrogen-bond acceptors (Lipinski definition) is 3. The molecule has 1 aliphatic rings. The summed E-state index contributed by atoms with van der Waals surface area (Å²) in [6, 6.07) is 5.69. The average Bonchev–Trinajstić information content (AvgIpc) is 2.99. The van der Waals surface area contributed by atoms with E-state index in [0.717, 1.165) is 23.6 Å². The van der Waals surface area contributed by atoms with Gasteiger partial charge in [-0.05, 0) is 42.2 Å². The van der Waals surface area contributed by atoms with Crippen LogP contribution in [0.4, 0.5) is 13.2 Å². The third-order valence-corrected chi connectivity index (χ3v) is 4.73. The molecular formula is C27H40F3N3. The molecule has 0 radical (unpaired) electrons. The van der Waals surface area contributed by atoms with Gasteiger partial charge in [-0.1, -0.05) is 67.9 Å². The van der Waals surface area contributed by atoms with Crippen LogP contribution in [0.3, 0.4) is 0 Å². The Balaban J connectivity index is 0.00000132. The number of fused-ring (bicyclic) bond motifs is 1. The van der Waals surface area contributed by atoms with Gasteiger partial charge in [0, 0.05) is 34.8 Å². The average molecular weight is 464 g/mol. The normalized spacial score (nSPS) is 13.2. The van der Waals surface area contributed by atoms with Crippen molar-refractivity contribution in [3.05, 3.63) is 70.6 Å². The van der Waals surface area contributed by atoms with Crippen molar-refractivity contribution in [1.29, 1.82) is 0 Å². The van der Waals surface area contributed by atoms with Gasteiger partial charge in [0.05, 0.1) is 17.8 Å². The van der Waals surface area contributed by atoms with Crippen molar-refractivity contribution in [2.45, 2.75) is 80.3 Å². The fraction of sp³-hybridized carbons (Fsp3) is 0.481. The zero-order valence-corrected chi connectivity index (χ0v) is 21.3. The molecule has 1 aromatic carbocycles. The molecule has 0 saturated heterocycles. The highest BCUT2D eigenvalue weighted by atomic mass is 19.4. The van der Waals surface area contributed by atoms with Crippen molar-refractivity contribution in [2.75, 3.05) is 6.54 Å². The molecule has 3 rings (SSSR count). The van der Waals surface area contributed by atoms with Crippen LogP contribution in [-0.4, -0.2) is 17.2 Å². The van der Waals surface area contributed by atoms with E-state index in [9.17, 15) is 13.2 Å². The highest BCUT2D eigenvalue weighted by Gasteiger charge is 2.32. The zero-order valence-electron chi connectivity index (χ0n) is 21.3. The molecule has 1 unspecified atom stereocenters. The molecule has 3 nitrogen and oxygen atoms in total. The second-order valence-corrected chi connectivity index (χ2v) is 7.09. The third-order valence-electron chi connectivity index (χ3n) is 4.73. The van der Waals surface area contributed by atoms with Crippen molar-refractivity contribution in [2.24, 2.45) is 10.7 Å². The SMILES string of the molecule is CC.CC.CCC.CCC(C)c1cc(C(F)(F)F)ccc1C1=NCC=C(N)c2cnccc21. The molecule has 33 heavy (non-hydrogen) atoms. The lowest BCUT2D eigenvalue weighted by molar-refractivity contribution is -0.137. The minimum atomic E-state index is -4.38. The van der Waals surface area contributed by atoms with Gasteiger partial charge < -0.3 is 5.73 Å². The predicted molar refractivity (Wildman–Crippen MR) is 136 cm³/mol. The number of rotatable bonds is 3. The molecule has 1 aromatic heterocycles. The zero-order chi connectivity index (χ0) is 25.6. The maximum atomic E-state index is 13.2. The van der Waals surface area contributed by atoms with Gasteiger partial charge in [0.15, 0.2) is 0 Å². The molecule has 6 heteroatoms. The molecule has 184 valence electrons. The lowest BCUT2D eigenvalue weighted by Gasteiger charge is -2.20. The van der Waals surface area contributed by atoms with Gasteiger partial charge in [-0.3, -0.25) is 9.98 Å². The fourth-order valence-electron chi connectivity index (χ4n) is 3.07. The Bertz CT molecular complexity index is 900. The van der Waals surface area contributed by atoms with E-state index in [1.54, 1.807) is 24.5 Å². The second-order valence-electron chi connectivity index (χ2n) is 7.09. The maximum absolute atomic E-state index is 13.2. The quantitative estimate of drug-likeness (QED) is 0.498. The van der Waals surface area contributed by atoms with Gasteiger partial charge >= 0.3 is 6.18 Å². The highest BCUT2D eigenvalue weighted by molar-refractivity contribution is 6.16. The van der Waals surface area contributed by atoms with Crippen molar-refractivity contribution in [3.8, 4) is 0 Å². The van der Waals surface area contributed by atoms with Crippen molar-refractivity contribution in [1.82, 2.24) is 4.98 Å². The summed E-state index contributed by atoms with van der Waals surface area (Å²) >= 11 is 0. The Labute approximate surface area is 198 Å². The summed E-state index contributed by atoms with van der Waals surface area (Å²) in [7, 11) is 0. The van der Waals surface area contributed by atoms with Crippen LogP contribution in [0.2, 0.25) is 0 Å². The number of aliphatic imine (C=N–C) groups is 1. The van der Waals surface area contributed by atoms with Crippen LogP contribution in [0.25, 0.3) is 5.70 Å². The van der Waals surface area contributed by atoms with Gasteiger partial charge in [-0.25, -0.2) is 0 Å². The minimum absolute atomic E-state index is 0.0335. The molecule has 1 atom stereocenters. The van der Waals surface area contributed by atoms with E-state index in [1.807, 2.05) is 41.5 Å². The van der Waals surface area contributed by atoms with E-state index in [1.165, 1.54) is 18.6 Å². The van der Waals surface area contributed by atoms with Gasteiger partial charge in [-0.15, -0.1) is 0 Å². The number of halogens is 3. The summed E-state index contributed by atoms with van der Waals surface area (Å²) in [6.45, 7) is 16.5. The van der Waals surface area contributed by atoms with E-state index in [2.05, 4.69) is 23.8 Å². The summed E-state index contributed by atoms with van der Waals surface area (Å²) < 4.78 is 39.6. The standard InChI is InChI=1S/C20H20F3N3.C3H8.2C2H6/c1-3-12(2)16-10-13(20(21,22)23)4-5-14(16)19-15-6-8-25-11-17(15)18(24)7-9-26-19;1-3-2;2*1-2/h4-8,10-12H,3,9,24H2,1-2H3;3H2,1-2H3;2*1-2H3. The summed E-state index contributed by atoms with van der Waals surface area (Å²) in [4.78, 5) is 8.72. The molecule has 0 spiro atoms. The Kier molecular flexibility index (Phi) is 14.0. The molecule has 2 aromatic rings. The molecule has 2 heterocycles. The summed E-state index contributed by atoms with van der Waals surface area (Å²) in [5, 5.41) is 0. The first-order valence-electron chi connectivity index (χ1n) is 11.9. The highest BCUT2D eigenvalue weighted by Crippen LogP contribution is 2.35. The van der Waals surface area contributed by atoms with Gasteiger partial charge in [0.25, 0.3) is 0 Å². The number of pyridine rings is 1. The van der Waals surface area contributed by atoms with Crippen LogP contribution >= 0.6 is 0 Å². The Morgan fingerprint density at radius 1 is 0.970 bits per heavy atom. The minimum Gasteiger partial charge on any atom is -0.398 e. The van der Waals surface area contributed by atoms with E-state index in [4.69, 9.17) is 5.73 Å². The first-order chi connectivity index (χ1) is 15.7. The molecule has 0 fully saturated rings. The summed E-state index contributed by atoms with van der Waals surface area (Å²) in [5.41, 5.74) is 9.57. The van der Waals surface area contributed by atoms with Crippen LogP contribution in [0.1, 0.15) is 102 Å². The van der Waals surface area contributed by atoms with E-state index >= 15 is 0 Å². The molecule has 0 aliphatic carbocycles. The molecular weight excluding hydrogens is 423 g/mol.